The molecule has 0 atom stereocenters. The van der Waals surface area contributed by atoms with Crippen molar-refractivity contribution in [3.63, 3.8) is 0 Å². The molecule has 0 aliphatic carbocycles. The summed E-state index contributed by atoms with van der Waals surface area (Å²) in [5, 5.41) is 2.81. The summed E-state index contributed by atoms with van der Waals surface area (Å²) in [5.74, 6) is -0.299. The molecule has 7 nitrogen and oxygen atoms in total. The predicted molar refractivity (Wildman–Crippen MR) is 114 cm³/mol. The summed E-state index contributed by atoms with van der Waals surface area (Å²) >= 11 is 1.12. The molecule has 1 heterocycles. The zero-order valence-electron chi connectivity index (χ0n) is 15.8. The number of nitrogens with one attached hydrogen (secondary N) is 1. The van der Waals surface area contributed by atoms with E-state index < -0.39 is 10.0 Å². The number of aryl methyl sites for hydroxylation is 1. The lowest BCUT2D eigenvalue weighted by atomic mass is 10.2. The fourth-order valence-electron chi connectivity index (χ4n) is 2.89. The summed E-state index contributed by atoms with van der Waals surface area (Å²) in [6.07, 6.45) is 0. The van der Waals surface area contributed by atoms with Crippen molar-refractivity contribution >= 4 is 48.9 Å². The van der Waals surface area contributed by atoms with Crippen LogP contribution in [-0.4, -0.2) is 31.2 Å². The molecule has 2 aromatic carbocycles. The van der Waals surface area contributed by atoms with E-state index in [9.17, 15) is 18.0 Å². The molecule has 0 unspecified atom stereocenters. The lowest BCUT2D eigenvalue weighted by Gasteiger charge is -2.22. The minimum atomic E-state index is -3.36. The average molecular weight is 420 g/mol. The lowest BCUT2D eigenvalue weighted by molar-refractivity contribution is 0.102. The van der Waals surface area contributed by atoms with Gasteiger partial charge in [-0.05, 0) is 56.3 Å². The Hall–Kier alpha value is -2.65. The summed E-state index contributed by atoms with van der Waals surface area (Å²) < 4.78 is 28.0. The molecule has 28 heavy (non-hydrogen) atoms. The van der Waals surface area contributed by atoms with E-state index in [-0.39, 0.29) is 16.5 Å². The van der Waals surface area contributed by atoms with Gasteiger partial charge in [0, 0.05) is 24.8 Å². The molecule has 0 fully saturated rings. The number of amides is 1. The van der Waals surface area contributed by atoms with Gasteiger partial charge in [-0.3, -0.25) is 13.9 Å². The first kappa shape index (κ1) is 20.1. The summed E-state index contributed by atoms with van der Waals surface area (Å²) in [5.41, 5.74) is 2.34. The van der Waals surface area contributed by atoms with Crippen LogP contribution in [0.5, 0.6) is 0 Å². The van der Waals surface area contributed by atoms with Gasteiger partial charge in [-0.15, -0.1) is 0 Å². The van der Waals surface area contributed by atoms with Gasteiger partial charge in [-0.1, -0.05) is 11.3 Å². The fourth-order valence-corrected chi connectivity index (χ4v) is 4.96. The molecule has 0 aliphatic heterocycles. The highest BCUT2D eigenvalue weighted by molar-refractivity contribution is 7.92. The molecular weight excluding hydrogens is 398 g/mol. The van der Waals surface area contributed by atoms with Crippen LogP contribution in [0.15, 0.2) is 47.3 Å². The number of carbonyl (C=O) groups is 1. The minimum absolute atomic E-state index is 0.0110. The Bertz CT molecular complexity index is 1180. The molecule has 9 heteroatoms. The van der Waals surface area contributed by atoms with Crippen molar-refractivity contribution in [2.75, 3.05) is 21.9 Å². The highest BCUT2D eigenvalue weighted by Crippen LogP contribution is 2.23. The van der Waals surface area contributed by atoms with Crippen LogP contribution in [-0.2, 0) is 17.1 Å². The highest BCUT2D eigenvalue weighted by atomic mass is 32.2. The Morgan fingerprint density at radius 2 is 1.82 bits per heavy atom. The zero-order chi connectivity index (χ0) is 20.5. The topological polar surface area (TPSA) is 88.5 Å². The van der Waals surface area contributed by atoms with Crippen molar-refractivity contribution < 1.29 is 13.2 Å². The molecule has 1 aromatic heterocycles. The monoisotopic (exact) mass is 419 g/mol. The second-order valence-corrected chi connectivity index (χ2v) is 9.35. The molecular formula is C19H21N3O4S2. The quantitative estimate of drug-likeness (QED) is 0.665. The van der Waals surface area contributed by atoms with Crippen LogP contribution < -0.4 is 14.5 Å². The Labute approximate surface area is 167 Å². The third-order valence-electron chi connectivity index (χ3n) is 4.46. The first-order chi connectivity index (χ1) is 13.3. The van der Waals surface area contributed by atoms with Gasteiger partial charge in [-0.2, -0.15) is 0 Å². The number of fused-ring (bicyclic) bond motifs is 1. The maximum atomic E-state index is 12.5. The van der Waals surface area contributed by atoms with Crippen molar-refractivity contribution in [2.24, 2.45) is 7.05 Å². The van der Waals surface area contributed by atoms with Crippen LogP contribution >= 0.6 is 11.3 Å². The van der Waals surface area contributed by atoms with E-state index in [1.54, 1.807) is 67.9 Å². The summed E-state index contributed by atoms with van der Waals surface area (Å²) in [6, 6.07) is 11.7. The number of hydrogen-bond acceptors (Lipinski definition) is 5. The second-order valence-electron chi connectivity index (χ2n) is 6.18. The van der Waals surface area contributed by atoms with E-state index in [0.717, 1.165) is 21.6 Å². The predicted octanol–water partition coefficient (Wildman–Crippen LogP) is 3.03. The second kappa shape index (κ2) is 7.76. The molecule has 0 saturated heterocycles. The van der Waals surface area contributed by atoms with Crippen LogP contribution in [0, 0.1) is 0 Å². The first-order valence-electron chi connectivity index (χ1n) is 8.78. The number of hydrogen-bond donors (Lipinski definition) is 1. The number of carbonyl (C=O) groups excluding carboxylic acids is 1. The first-order valence-corrected chi connectivity index (χ1v) is 11.2. The smallest absolute Gasteiger partial charge is 0.307 e. The molecule has 1 amide bonds. The van der Waals surface area contributed by atoms with Crippen LogP contribution in [0.3, 0.4) is 0 Å². The molecule has 3 rings (SSSR count). The Kier molecular flexibility index (Phi) is 5.57. The third kappa shape index (κ3) is 3.81. The number of thiazole rings is 1. The van der Waals surface area contributed by atoms with Crippen LogP contribution in [0.4, 0.5) is 11.4 Å². The van der Waals surface area contributed by atoms with Crippen molar-refractivity contribution in [3.8, 4) is 0 Å². The fraction of sp³-hybridized carbons (Fsp3) is 0.263. The van der Waals surface area contributed by atoms with Crippen LogP contribution in [0.25, 0.3) is 10.2 Å². The maximum Gasteiger partial charge on any atom is 0.307 e. The summed E-state index contributed by atoms with van der Waals surface area (Å²) in [6.45, 7) is 3.68. The number of sulfonamides is 1. The normalized spacial score (nSPS) is 11.5. The van der Waals surface area contributed by atoms with Gasteiger partial charge in [0.05, 0.1) is 21.7 Å². The largest absolute Gasteiger partial charge is 0.322 e. The van der Waals surface area contributed by atoms with E-state index >= 15 is 0 Å². The van der Waals surface area contributed by atoms with E-state index in [0.29, 0.717) is 23.5 Å². The molecule has 0 bridgehead atoms. The van der Waals surface area contributed by atoms with Gasteiger partial charge < -0.3 is 9.88 Å². The van der Waals surface area contributed by atoms with Gasteiger partial charge in [0.15, 0.2) is 0 Å². The minimum Gasteiger partial charge on any atom is -0.322 e. The van der Waals surface area contributed by atoms with E-state index in [4.69, 9.17) is 0 Å². The Morgan fingerprint density at radius 1 is 1.14 bits per heavy atom. The molecule has 0 spiro atoms. The standard InChI is InChI=1S/C19H21N3O4S2/c1-4-22(28(25,26)5-2)15-9-6-13(7-10-15)18(23)20-14-8-11-16-17(12-14)27-19(24)21(16)3/h6-12H,4-5H2,1-3H3,(H,20,23). The van der Waals surface area contributed by atoms with Crippen LogP contribution in [0.2, 0.25) is 0 Å². The molecule has 0 aliphatic rings. The number of nitrogens with zero attached hydrogens (tertiary/aromatic N) is 2. The summed E-state index contributed by atoms with van der Waals surface area (Å²) in [7, 11) is -1.65. The van der Waals surface area contributed by atoms with E-state index in [2.05, 4.69) is 5.32 Å². The zero-order valence-corrected chi connectivity index (χ0v) is 17.4. The SMILES string of the molecule is CCN(c1ccc(C(=O)Nc2ccc3c(c2)sc(=O)n3C)cc1)S(=O)(=O)CC. The van der Waals surface area contributed by atoms with Crippen LogP contribution in [0.1, 0.15) is 24.2 Å². The number of aromatic nitrogens is 1. The maximum absolute atomic E-state index is 12.5. The van der Waals surface area contributed by atoms with Crippen molar-refractivity contribution in [1.29, 1.82) is 0 Å². The number of anilines is 2. The molecule has 148 valence electrons. The number of rotatable bonds is 6. The van der Waals surface area contributed by atoms with Crippen molar-refractivity contribution in [1.82, 2.24) is 4.57 Å². The van der Waals surface area contributed by atoms with Gasteiger partial charge in [0.1, 0.15) is 0 Å². The molecule has 3 aromatic rings. The average Bonchev–Trinajstić information content (AvgIpc) is 2.96. The van der Waals surface area contributed by atoms with Crippen molar-refractivity contribution in [2.45, 2.75) is 13.8 Å². The van der Waals surface area contributed by atoms with E-state index in [1.165, 1.54) is 4.31 Å². The van der Waals surface area contributed by atoms with Gasteiger partial charge in [0.2, 0.25) is 10.0 Å². The third-order valence-corrected chi connectivity index (χ3v) is 7.32. The lowest BCUT2D eigenvalue weighted by Crippen LogP contribution is -2.32. The molecule has 1 N–H and O–H groups in total. The number of benzene rings is 2. The van der Waals surface area contributed by atoms with Gasteiger partial charge in [0.25, 0.3) is 5.91 Å². The van der Waals surface area contributed by atoms with Crippen molar-refractivity contribution in [3.05, 3.63) is 57.7 Å². The summed E-state index contributed by atoms with van der Waals surface area (Å²) in [4.78, 5) is 24.2. The van der Waals surface area contributed by atoms with Gasteiger partial charge in [-0.25, -0.2) is 8.42 Å². The van der Waals surface area contributed by atoms with Gasteiger partial charge >= 0.3 is 4.87 Å². The Morgan fingerprint density at radius 3 is 2.43 bits per heavy atom. The Balaban J connectivity index is 1.80. The van der Waals surface area contributed by atoms with E-state index in [1.807, 2.05) is 0 Å². The molecule has 0 radical (unpaired) electrons. The molecule has 0 saturated carbocycles. The highest BCUT2D eigenvalue weighted by Gasteiger charge is 2.19.